The van der Waals surface area contributed by atoms with Gasteiger partial charge < -0.3 is 10.6 Å². The molecule has 0 saturated carbocycles. The Morgan fingerprint density at radius 2 is 1.40 bits per heavy atom. The SMILES string of the molecule is Cc1ccc(CNC(=O)[C@@H](NC(=O)c2ccc(C)cc2)C(C)C)cc1. The lowest BCUT2D eigenvalue weighted by atomic mass is 10.0. The number of rotatable bonds is 6. The minimum Gasteiger partial charge on any atom is -0.350 e. The van der Waals surface area contributed by atoms with Gasteiger partial charge in [0.05, 0.1) is 0 Å². The first-order valence-corrected chi connectivity index (χ1v) is 8.57. The summed E-state index contributed by atoms with van der Waals surface area (Å²) in [5.74, 6) is -0.410. The maximum absolute atomic E-state index is 12.5. The van der Waals surface area contributed by atoms with Gasteiger partial charge in [-0.05, 0) is 37.5 Å². The van der Waals surface area contributed by atoms with E-state index in [1.165, 1.54) is 5.56 Å². The summed E-state index contributed by atoms with van der Waals surface area (Å²) in [4.78, 5) is 24.9. The van der Waals surface area contributed by atoms with Gasteiger partial charge in [0.1, 0.15) is 6.04 Å². The van der Waals surface area contributed by atoms with Gasteiger partial charge in [-0.1, -0.05) is 61.4 Å². The Bertz CT molecular complexity index is 719. The minimum atomic E-state index is -0.570. The molecule has 0 aromatic heterocycles. The maximum atomic E-state index is 12.5. The first-order valence-electron chi connectivity index (χ1n) is 8.57. The van der Waals surface area contributed by atoms with E-state index in [1.807, 2.05) is 64.1 Å². The van der Waals surface area contributed by atoms with Gasteiger partial charge in [0.15, 0.2) is 0 Å². The Balaban J connectivity index is 1.98. The summed E-state index contributed by atoms with van der Waals surface area (Å²) in [6.07, 6.45) is 0. The molecule has 0 fully saturated rings. The summed E-state index contributed by atoms with van der Waals surface area (Å²) < 4.78 is 0. The highest BCUT2D eigenvalue weighted by Crippen LogP contribution is 2.08. The van der Waals surface area contributed by atoms with Crippen LogP contribution in [0.15, 0.2) is 48.5 Å². The van der Waals surface area contributed by atoms with Crippen molar-refractivity contribution in [3.05, 3.63) is 70.8 Å². The van der Waals surface area contributed by atoms with Crippen LogP contribution in [-0.2, 0) is 11.3 Å². The predicted octanol–water partition coefficient (Wildman–Crippen LogP) is 3.37. The molecule has 25 heavy (non-hydrogen) atoms. The van der Waals surface area contributed by atoms with Crippen molar-refractivity contribution in [2.75, 3.05) is 0 Å². The van der Waals surface area contributed by atoms with E-state index < -0.39 is 6.04 Å². The van der Waals surface area contributed by atoms with Crippen LogP contribution in [0.25, 0.3) is 0 Å². The van der Waals surface area contributed by atoms with Crippen LogP contribution in [0.2, 0.25) is 0 Å². The fraction of sp³-hybridized carbons (Fsp3) is 0.333. The monoisotopic (exact) mass is 338 g/mol. The summed E-state index contributed by atoms with van der Waals surface area (Å²) in [7, 11) is 0. The lowest BCUT2D eigenvalue weighted by Gasteiger charge is -2.22. The van der Waals surface area contributed by atoms with Gasteiger partial charge in [0.2, 0.25) is 5.91 Å². The normalized spacial score (nSPS) is 11.9. The lowest BCUT2D eigenvalue weighted by molar-refractivity contribution is -0.124. The Kier molecular flexibility index (Phi) is 6.34. The molecule has 0 aliphatic heterocycles. The standard InChI is InChI=1S/C21H26N2O2/c1-14(2)19(23-20(24)18-11-7-16(4)8-12-18)21(25)22-13-17-9-5-15(3)6-10-17/h5-12,14,19H,13H2,1-4H3,(H,22,25)(H,23,24)/t19-/m0/s1. The molecule has 0 heterocycles. The van der Waals surface area contributed by atoms with Crippen LogP contribution in [0, 0.1) is 19.8 Å². The smallest absolute Gasteiger partial charge is 0.251 e. The van der Waals surface area contributed by atoms with E-state index in [9.17, 15) is 9.59 Å². The quantitative estimate of drug-likeness (QED) is 0.848. The maximum Gasteiger partial charge on any atom is 0.251 e. The molecule has 2 aromatic carbocycles. The van der Waals surface area contributed by atoms with Gasteiger partial charge in [-0.25, -0.2) is 0 Å². The number of carbonyl (C=O) groups excluding carboxylic acids is 2. The second-order valence-electron chi connectivity index (χ2n) is 6.76. The highest BCUT2D eigenvalue weighted by atomic mass is 16.2. The summed E-state index contributed by atoms with van der Waals surface area (Å²) >= 11 is 0. The van der Waals surface area contributed by atoms with Crippen LogP contribution in [0.3, 0.4) is 0 Å². The zero-order valence-electron chi connectivity index (χ0n) is 15.3. The zero-order valence-corrected chi connectivity index (χ0v) is 15.3. The zero-order chi connectivity index (χ0) is 18.4. The molecule has 4 heteroatoms. The molecule has 2 amide bonds. The minimum absolute atomic E-state index is 0.00702. The van der Waals surface area contributed by atoms with Crippen LogP contribution in [0.4, 0.5) is 0 Å². The van der Waals surface area contributed by atoms with Gasteiger partial charge in [-0.3, -0.25) is 9.59 Å². The van der Waals surface area contributed by atoms with Crippen molar-refractivity contribution in [3.63, 3.8) is 0 Å². The predicted molar refractivity (Wildman–Crippen MR) is 100 cm³/mol. The van der Waals surface area contributed by atoms with Crippen LogP contribution in [-0.4, -0.2) is 17.9 Å². The molecule has 0 saturated heterocycles. The van der Waals surface area contributed by atoms with E-state index in [4.69, 9.17) is 0 Å². The van der Waals surface area contributed by atoms with Crippen LogP contribution in [0.5, 0.6) is 0 Å². The third-order valence-corrected chi connectivity index (χ3v) is 4.14. The van der Waals surface area contributed by atoms with Crippen molar-refractivity contribution < 1.29 is 9.59 Å². The third-order valence-electron chi connectivity index (χ3n) is 4.14. The van der Waals surface area contributed by atoms with Gasteiger partial charge in [0.25, 0.3) is 5.91 Å². The molecule has 1 atom stereocenters. The van der Waals surface area contributed by atoms with Crippen molar-refractivity contribution in [1.29, 1.82) is 0 Å². The Morgan fingerprint density at radius 1 is 0.880 bits per heavy atom. The highest BCUT2D eigenvalue weighted by Gasteiger charge is 2.24. The number of benzene rings is 2. The second kappa shape index (κ2) is 8.47. The van der Waals surface area contributed by atoms with Gasteiger partial charge in [-0.15, -0.1) is 0 Å². The summed E-state index contributed by atoms with van der Waals surface area (Å²) in [5, 5.41) is 5.76. The molecule has 0 radical (unpaired) electrons. The topological polar surface area (TPSA) is 58.2 Å². The second-order valence-corrected chi connectivity index (χ2v) is 6.76. The number of carbonyl (C=O) groups is 2. The molecule has 4 nitrogen and oxygen atoms in total. The summed E-state index contributed by atoms with van der Waals surface area (Å²) in [6.45, 7) is 8.29. The number of hydrogen-bond donors (Lipinski definition) is 2. The van der Waals surface area contributed by atoms with Gasteiger partial charge >= 0.3 is 0 Å². The summed E-state index contributed by atoms with van der Waals surface area (Å²) in [6, 6.07) is 14.8. The number of nitrogens with one attached hydrogen (secondary N) is 2. The van der Waals surface area contributed by atoms with Gasteiger partial charge in [0, 0.05) is 12.1 Å². The fourth-order valence-electron chi connectivity index (χ4n) is 2.47. The summed E-state index contributed by atoms with van der Waals surface area (Å²) in [5.41, 5.74) is 3.86. The Hall–Kier alpha value is -2.62. The molecule has 2 aromatic rings. The molecule has 0 aliphatic carbocycles. The molecule has 0 bridgehead atoms. The Labute approximate surface area is 149 Å². The first kappa shape index (κ1) is 18.7. The average molecular weight is 338 g/mol. The van der Waals surface area contributed by atoms with E-state index in [2.05, 4.69) is 10.6 Å². The first-order chi connectivity index (χ1) is 11.9. The van der Waals surface area contributed by atoms with E-state index in [0.717, 1.165) is 11.1 Å². The largest absolute Gasteiger partial charge is 0.350 e. The molecule has 0 spiro atoms. The molecular weight excluding hydrogens is 312 g/mol. The molecular formula is C21H26N2O2. The van der Waals surface area contributed by atoms with Crippen molar-refractivity contribution in [2.45, 2.75) is 40.3 Å². The third kappa shape index (κ3) is 5.45. The van der Waals surface area contributed by atoms with Crippen LogP contribution in [0.1, 0.15) is 40.9 Å². The molecule has 2 N–H and O–H groups in total. The van der Waals surface area contributed by atoms with Crippen LogP contribution >= 0.6 is 0 Å². The Morgan fingerprint density at radius 3 is 1.92 bits per heavy atom. The molecule has 132 valence electrons. The molecule has 0 unspecified atom stereocenters. The van der Waals surface area contributed by atoms with Crippen molar-refractivity contribution in [2.24, 2.45) is 5.92 Å². The van der Waals surface area contributed by atoms with E-state index in [1.54, 1.807) is 12.1 Å². The molecule has 2 rings (SSSR count). The van der Waals surface area contributed by atoms with Crippen LogP contribution < -0.4 is 10.6 Å². The molecule has 0 aliphatic rings. The average Bonchev–Trinajstić information content (AvgIpc) is 2.59. The van der Waals surface area contributed by atoms with E-state index in [0.29, 0.717) is 12.1 Å². The number of amides is 2. The van der Waals surface area contributed by atoms with E-state index in [-0.39, 0.29) is 17.7 Å². The van der Waals surface area contributed by atoms with Crippen molar-refractivity contribution >= 4 is 11.8 Å². The van der Waals surface area contributed by atoms with Gasteiger partial charge in [-0.2, -0.15) is 0 Å². The van der Waals surface area contributed by atoms with E-state index >= 15 is 0 Å². The lowest BCUT2D eigenvalue weighted by Crippen LogP contribution is -2.49. The fourth-order valence-corrected chi connectivity index (χ4v) is 2.47. The number of hydrogen-bond acceptors (Lipinski definition) is 2. The van der Waals surface area contributed by atoms with Crippen molar-refractivity contribution in [3.8, 4) is 0 Å². The number of aryl methyl sites for hydroxylation is 2. The highest BCUT2D eigenvalue weighted by molar-refractivity contribution is 5.97. The van der Waals surface area contributed by atoms with Crippen molar-refractivity contribution in [1.82, 2.24) is 10.6 Å².